The number of hydrogen-bond acceptors (Lipinski definition) is 5. The fourth-order valence-corrected chi connectivity index (χ4v) is 4.00. The Labute approximate surface area is 163 Å². The van der Waals surface area contributed by atoms with Gasteiger partial charge >= 0.3 is 0 Å². The molecule has 0 spiro atoms. The summed E-state index contributed by atoms with van der Waals surface area (Å²) in [5.41, 5.74) is 3.15. The fourth-order valence-electron chi connectivity index (χ4n) is 2.89. The summed E-state index contributed by atoms with van der Waals surface area (Å²) in [4.78, 5) is 19.6. The van der Waals surface area contributed by atoms with E-state index in [-0.39, 0.29) is 22.2 Å². The third-order valence-electron chi connectivity index (χ3n) is 4.69. The Morgan fingerprint density at radius 2 is 1.71 bits per heavy atom. The van der Waals surface area contributed by atoms with Gasteiger partial charge in [0.1, 0.15) is 5.82 Å². The molecule has 2 N–H and O–H groups in total. The highest BCUT2D eigenvalue weighted by Crippen LogP contribution is 2.24. The lowest BCUT2D eigenvalue weighted by Crippen LogP contribution is -2.22. The standard InChI is InChI=1S/C19H23N5O3S/c1-6-16-14(5)20-19(21-18(16)25)24-17(12(3)13(4)22-24)23-28(26,27)15-9-7-11(2)8-10-15/h7-10,23H,6H2,1-5H3,(H,20,21,25). The number of nitrogens with zero attached hydrogens (tertiary/aromatic N) is 3. The Kier molecular flexibility index (Phi) is 5.12. The molecular formula is C19H23N5O3S. The van der Waals surface area contributed by atoms with Gasteiger partial charge in [0.05, 0.1) is 10.6 Å². The third kappa shape index (κ3) is 3.57. The van der Waals surface area contributed by atoms with Gasteiger partial charge in [0.2, 0.25) is 5.95 Å². The van der Waals surface area contributed by atoms with Crippen molar-refractivity contribution in [3.05, 3.63) is 62.7 Å². The lowest BCUT2D eigenvalue weighted by atomic mass is 10.2. The van der Waals surface area contributed by atoms with Crippen molar-refractivity contribution in [3.8, 4) is 5.95 Å². The van der Waals surface area contributed by atoms with E-state index in [1.54, 1.807) is 45.0 Å². The summed E-state index contributed by atoms with van der Waals surface area (Å²) in [6.45, 7) is 9.04. The van der Waals surface area contributed by atoms with Gasteiger partial charge in [0.25, 0.3) is 15.6 Å². The van der Waals surface area contributed by atoms with E-state index in [0.29, 0.717) is 28.9 Å². The molecule has 9 heteroatoms. The van der Waals surface area contributed by atoms with Crippen LogP contribution < -0.4 is 10.3 Å². The molecule has 0 bridgehead atoms. The highest BCUT2D eigenvalue weighted by atomic mass is 32.2. The van der Waals surface area contributed by atoms with Gasteiger partial charge in [0.15, 0.2) is 0 Å². The molecule has 0 aliphatic rings. The van der Waals surface area contributed by atoms with Gasteiger partial charge in [-0.2, -0.15) is 9.78 Å². The molecule has 1 aromatic carbocycles. The number of benzene rings is 1. The molecule has 0 aliphatic heterocycles. The molecule has 0 radical (unpaired) electrons. The van der Waals surface area contributed by atoms with Gasteiger partial charge in [-0.1, -0.05) is 24.6 Å². The van der Waals surface area contributed by atoms with Crippen LogP contribution in [0.15, 0.2) is 34.0 Å². The van der Waals surface area contributed by atoms with E-state index < -0.39 is 10.0 Å². The van der Waals surface area contributed by atoms with E-state index in [4.69, 9.17) is 0 Å². The number of hydrogen-bond donors (Lipinski definition) is 2. The van der Waals surface area contributed by atoms with Crippen LogP contribution in [0.2, 0.25) is 0 Å². The van der Waals surface area contributed by atoms with Crippen LogP contribution in [0, 0.1) is 27.7 Å². The Morgan fingerprint density at radius 1 is 1.07 bits per heavy atom. The summed E-state index contributed by atoms with van der Waals surface area (Å²) >= 11 is 0. The molecule has 0 aliphatic carbocycles. The summed E-state index contributed by atoms with van der Waals surface area (Å²) in [5.74, 6) is 0.405. The number of nitrogens with one attached hydrogen (secondary N) is 2. The smallest absolute Gasteiger partial charge is 0.263 e. The highest BCUT2D eigenvalue weighted by Gasteiger charge is 2.22. The highest BCUT2D eigenvalue weighted by molar-refractivity contribution is 7.92. The summed E-state index contributed by atoms with van der Waals surface area (Å²) in [7, 11) is -3.83. The molecule has 3 rings (SSSR count). The van der Waals surface area contributed by atoms with Gasteiger partial charge < -0.3 is 0 Å². The number of H-pyrrole nitrogens is 1. The zero-order chi connectivity index (χ0) is 20.6. The van der Waals surface area contributed by atoms with Crippen molar-refractivity contribution in [1.29, 1.82) is 0 Å². The van der Waals surface area contributed by atoms with Crippen molar-refractivity contribution < 1.29 is 8.42 Å². The normalized spacial score (nSPS) is 11.6. The van der Waals surface area contributed by atoms with Crippen LogP contribution in [0.4, 0.5) is 5.82 Å². The molecule has 2 heterocycles. The van der Waals surface area contributed by atoms with Gasteiger partial charge in [-0.3, -0.25) is 14.5 Å². The zero-order valence-electron chi connectivity index (χ0n) is 16.5. The first-order valence-electron chi connectivity index (χ1n) is 8.90. The maximum atomic E-state index is 12.8. The predicted octanol–water partition coefficient (Wildman–Crippen LogP) is 2.55. The monoisotopic (exact) mass is 401 g/mol. The first kappa shape index (κ1) is 19.8. The van der Waals surface area contributed by atoms with E-state index in [0.717, 1.165) is 5.56 Å². The van der Waals surface area contributed by atoms with Crippen molar-refractivity contribution in [2.24, 2.45) is 0 Å². The average molecular weight is 401 g/mol. The van der Waals surface area contributed by atoms with Crippen LogP contribution >= 0.6 is 0 Å². The Morgan fingerprint density at radius 3 is 2.29 bits per heavy atom. The number of aryl methyl sites for hydroxylation is 3. The molecule has 0 saturated carbocycles. The van der Waals surface area contributed by atoms with Crippen LogP contribution in [-0.2, 0) is 16.4 Å². The van der Waals surface area contributed by atoms with Gasteiger partial charge in [-0.05, 0) is 46.2 Å². The lowest BCUT2D eigenvalue weighted by molar-refractivity contribution is 0.600. The van der Waals surface area contributed by atoms with Crippen LogP contribution in [0.3, 0.4) is 0 Å². The molecule has 28 heavy (non-hydrogen) atoms. The molecular weight excluding hydrogens is 378 g/mol. The zero-order valence-corrected chi connectivity index (χ0v) is 17.3. The minimum Gasteiger partial charge on any atom is -0.291 e. The second kappa shape index (κ2) is 7.23. The third-order valence-corrected chi connectivity index (χ3v) is 6.04. The minimum atomic E-state index is -3.83. The minimum absolute atomic E-state index is 0.141. The average Bonchev–Trinajstić information content (AvgIpc) is 2.90. The van der Waals surface area contributed by atoms with E-state index in [1.165, 1.54) is 4.68 Å². The molecule has 8 nitrogen and oxygen atoms in total. The summed E-state index contributed by atoms with van der Waals surface area (Å²) < 4.78 is 29.6. The quantitative estimate of drug-likeness (QED) is 0.683. The maximum Gasteiger partial charge on any atom is 0.263 e. The molecule has 148 valence electrons. The van der Waals surface area contributed by atoms with E-state index in [1.807, 2.05) is 13.8 Å². The van der Waals surface area contributed by atoms with Crippen LogP contribution in [0.1, 0.15) is 35.0 Å². The Bertz CT molecular complexity index is 1190. The molecule has 0 amide bonds. The first-order valence-corrected chi connectivity index (χ1v) is 10.4. The number of aromatic amines is 1. The Hall–Kier alpha value is -2.94. The number of aromatic nitrogens is 4. The van der Waals surface area contributed by atoms with Crippen molar-refractivity contribution in [1.82, 2.24) is 19.7 Å². The van der Waals surface area contributed by atoms with Crippen LogP contribution in [-0.4, -0.2) is 28.2 Å². The molecule has 0 unspecified atom stereocenters. The van der Waals surface area contributed by atoms with Gasteiger partial charge in [-0.15, -0.1) is 0 Å². The second-order valence-corrected chi connectivity index (χ2v) is 8.38. The Balaban J connectivity index is 2.11. The fraction of sp³-hybridized carbons (Fsp3) is 0.316. The van der Waals surface area contributed by atoms with Crippen molar-refractivity contribution in [2.45, 2.75) is 45.9 Å². The van der Waals surface area contributed by atoms with Gasteiger partial charge in [-0.25, -0.2) is 13.4 Å². The predicted molar refractivity (Wildman–Crippen MR) is 108 cm³/mol. The topological polar surface area (TPSA) is 110 Å². The SMILES string of the molecule is CCc1c(C)nc(-n2nc(C)c(C)c2NS(=O)(=O)c2ccc(C)cc2)[nH]c1=O. The van der Waals surface area contributed by atoms with Gasteiger partial charge in [0, 0.05) is 16.8 Å². The van der Waals surface area contributed by atoms with E-state index in [2.05, 4.69) is 19.8 Å². The van der Waals surface area contributed by atoms with E-state index in [9.17, 15) is 13.2 Å². The second-order valence-electron chi connectivity index (χ2n) is 6.70. The molecule has 0 fully saturated rings. The summed E-state index contributed by atoms with van der Waals surface area (Å²) in [6, 6.07) is 6.55. The summed E-state index contributed by atoms with van der Waals surface area (Å²) in [5, 5.41) is 4.37. The summed E-state index contributed by atoms with van der Waals surface area (Å²) in [6.07, 6.45) is 0.554. The molecule has 3 aromatic rings. The largest absolute Gasteiger partial charge is 0.291 e. The van der Waals surface area contributed by atoms with Crippen molar-refractivity contribution in [2.75, 3.05) is 4.72 Å². The van der Waals surface area contributed by atoms with Crippen LogP contribution in [0.5, 0.6) is 0 Å². The molecule has 2 aromatic heterocycles. The van der Waals surface area contributed by atoms with Crippen molar-refractivity contribution in [3.63, 3.8) is 0 Å². The molecule has 0 atom stereocenters. The van der Waals surface area contributed by atoms with Crippen LogP contribution in [0.25, 0.3) is 5.95 Å². The molecule has 0 saturated heterocycles. The van der Waals surface area contributed by atoms with Crippen molar-refractivity contribution >= 4 is 15.8 Å². The number of rotatable bonds is 5. The lowest BCUT2D eigenvalue weighted by Gasteiger charge is -2.12. The van der Waals surface area contributed by atoms with E-state index >= 15 is 0 Å². The number of sulfonamides is 1. The maximum absolute atomic E-state index is 12.8. The first-order chi connectivity index (χ1) is 13.1. The number of anilines is 1.